The van der Waals surface area contributed by atoms with E-state index in [1.165, 1.54) is 11.3 Å². The highest BCUT2D eigenvalue weighted by Gasteiger charge is 2.18. The first-order chi connectivity index (χ1) is 6.49. The number of aromatic nitrogens is 2. The Balaban J connectivity index is 3.17. The van der Waals surface area contributed by atoms with E-state index in [1.54, 1.807) is 0 Å². The van der Waals surface area contributed by atoms with Gasteiger partial charge in [-0.1, -0.05) is 6.92 Å². The Bertz CT molecular complexity index is 315. The third kappa shape index (κ3) is 1.95. The molecular weight excluding hydrogens is 196 g/mol. The lowest BCUT2D eigenvalue weighted by Crippen LogP contribution is -2.05. The van der Waals surface area contributed by atoms with E-state index in [9.17, 15) is 0 Å². The molecule has 0 aliphatic rings. The van der Waals surface area contributed by atoms with Crippen LogP contribution in [0.3, 0.4) is 0 Å². The number of rotatable bonds is 3. The summed E-state index contributed by atoms with van der Waals surface area (Å²) in [6.45, 7) is 10.5. The molecule has 0 aromatic carbocycles. The predicted molar refractivity (Wildman–Crippen MR) is 61.0 cm³/mol. The van der Waals surface area contributed by atoms with Gasteiger partial charge in [-0.3, -0.25) is 4.68 Å². The zero-order valence-corrected chi connectivity index (χ0v) is 10.4. The van der Waals surface area contributed by atoms with Crippen LogP contribution in [0.1, 0.15) is 55.6 Å². The number of nitrogens with zero attached hydrogens (tertiary/aromatic N) is 2. The van der Waals surface area contributed by atoms with E-state index in [1.807, 2.05) is 6.92 Å². The Morgan fingerprint density at radius 2 is 1.93 bits per heavy atom. The zero-order chi connectivity index (χ0) is 10.9. The SMILES string of the molecule is CCC(Cl)c1c(C)nn(C(C)C)c1C. The summed E-state index contributed by atoms with van der Waals surface area (Å²) < 4.78 is 2.05. The first-order valence-corrected chi connectivity index (χ1v) is 5.62. The van der Waals surface area contributed by atoms with Crippen molar-refractivity contribution in [2.24, 2.45) is 0 Å². The van der Waals surface area contributed by atoms with Crippen molar-refractivity contribution in [3.8, 4) is 0 Å². The summed E-state index contributed by atoms with van der Waals surface area (Å²) in [5.74, 6) is 0. The number of alkyl halides is 1. The van der Waals surface area contributed by atoms with Crippen molar-refractivity contribution in [1.29, 1.82) is 0 Å². The van der Waals surface area contributed by atoms with E-state index in [-0.39, 0.29) is 5.38 Å². The van der Waals surface area contributed by atoms with Crippen molar-refractivity contribution in [1.82, 2.24) is 9.78 Å². The maximum atomic E-state index is 6.27. The second-order valence-corrected chi connectivity index (χ2v) is 4.53. The molecule has 2 nitrogen and oxygen atoms in total. The summed E-state index contributed by atoms with van der Waals surface area (Å²) in [7, 11) is 0. The molecule has 1 aromatic heterocycles. The number of halogens is 1. The van der Waals surface area contributed by atoms with E-state index in [0.29, 0.717) is 6.04 Å². The van der Waals surface area contributed by atoms with Gasteiger partial charge in [0.15, 0.2) is 0 Å². The highest BCUT2D eigenvalue weighted by molar-refractivity contribution is 6.20. The van der Waals surface area contributed by atoms with Crippen molar-refractivity contribution in [3.05, 3.63) is 17.0 Å². The van der Waals surface area contributed by atoms with E-state index in [0.717, 1.165) is 12.1 Å². The minimum absolute atomic E-state index is 0.0995. The Hall–Kier alpha value is -0.500. The third-order valence-electron chi connectivity index (χ3n) is 2.54. The predicted octanol–water partition coefficient (Wildman–Crippen LogP) is 3.77. The normalized spacial score (nSPS) is 13.6. The molecule has 0 bridgehead atoms. The van der Waals surface area contributed by atoms with Crippen LogP contribution in [0.15, 0.2) is 0 Å². The molecule has 1 atom stereocenters. The molecule has 0 saturated heterocycles. The van der Waals surface area contributed by atoms with Gasteiger partial charge in [0.1, 0.15) is 0 Å². The highest BCUT2D eigenvalue weighted by atomic mass is 35.5. The minimum Gasteiger partial charge on any atom is -0.267 e. The Morgan fingerprint density at radius 3 is 2.29 bits per heavy atom. The average molecular weight is 215 g/mol. The van der Waals surface area contributed by atoms with Crippen molar-refractivity contribution in [2.45, 2.75) is 52.5 Å². The summed E-state index contributed by atoms with van der Waals surface area (Å²) in [5.41, 5.74) is 3.49. The lowest BCUT2D eigenvalue weighted by atomic mass is 10.1. The van der Waals surface area contributed by atoms with Gasteiger partial charge in [0.2, 0.25) is 0 Å². The quantitative estimate of drug-likeness (QED) is 0.701. The van der Waals surface area contributed by atoms with Crippen LogP contribution < -0.4 is 0 Å². The molecule has 0 N–H and O–H groups in total. The van der Waals surface area contributed by atoms with Gasteiger partial charge in [0, 0.05) is 17.3 Å². The molecule has 14 heavy (non-hydrogen) atoms. The molecule has 1 heterocycles. The standard InChI is InChI=1S/C11H19ClN2/c1-6-10(12)11-8(4)13-14(7(2)3)9(11)5/h7,10H,6H2,1-5H3. The minimum atomic E-state index is 0.0995. The molecule has 0 fully saturated rings. The number of hydrogen-bond acceptors (Lipinski definition) is 1. The summed E-state index contributed by atoms with van der Waals surface area (Å²) in [6, 6.07) is 0.406. The zero-order valence-electron chi connectivity index (χ0n) is 9.63. The van der Waals surface area contributed by atoms with Crippen molar-refractivity contribution < 1.29 is 0 Å². The van der Waals surface area contributed by atoms with Gasteiger partial charge in [-0.2, -0.15) is 5.10 Å². The highest BCUT2D eigenvalue weighted by Crippen LogP contribution is 2.30. The topological polar surface area (TPSA) is 17.8 Å². The first kappa shape index (κ1) is 11.6. The van der Waals surface area contributed by atoms with Gasteiger partial charge in [-0.15, -0.1) is 11.6 Å². The Labute approximate surface area is 91.3 Å². The van der Waals surface area contributed by atoms with Crippen LogP contribution in [-0.2, 0) is 0 Å². The fourth-order valence-electron chi connectivity index (χ4n) is 1.84. The second-order valence-electron chi connectivity index (χ2n) is 4.00. The maximum Gasteiger partial charge on any atom is 0.0643 e. The van der Waals surface area contributed by atoms with Gasteiger partial charge in [-0.05, 0) is 34.1 Å². The molecule has 0 amide bonds. The lowest BCUT2D eigenvalue weighted by Gasteiger charge is -2.10. The average Bonchev–Trinajstić information content (AvgIpc) is 2.41. The van der Waals surface area contributed by atoms with Crippen LogP contribution in [0, 0.1) is 13.8 Å². The monoisotopic (exact) mass is 214 g/mol. The summed E-state index contributed by atoms with van der Waals surface area (Å²) in [5, 5.41) is 4.61. The molecule has 0 aliphatic heterocycles. The number of aryl methyl sites for hydroxylation is 1. The third-order valence-corrected chi connectivity index (χ3v) is 3.07. The molecule has 3 heteroatoms. The maximum absolute atomic E-state index is 6.27. The van der Waals surface area contributed by atoms with Crippen molar-refractivity contribution in [3.63, 3.8) is 0 Å². The summed E-state index contributed by atoms with van der Waals surface area (Å²) in [4.78, 5) is 0. The number of hydrogen-bond donors (Lipinski definition) is 0. The molecule has 1 rings (SSSR count). The fourth-order valence-corrected chi connectivity index (χ4v) is 2.15. The van der Waals surface area contributed by atoms with Crippen LogP contribution >= 0.6 is 11.6 Å². The van der Waals surface area contributed by atoms with Crippen LogP contribution in [0.2, 0.25) is 0 Å². The molecule has 0 saturated carbocycles. The van der Waals surface area contributed by atoms with E-state index < -0.39 is 0 Å². The van der Waals surface area contributed by atoms with Crippen LogP contribution in [0.25, 0.3) is 0 Å². The van der Waals surface area contributed by atoms with Crippen molar-refractivity contribution >= 4 is 11.6 Å². The molecule has 0 spiro atoms. The second kappa shape index (κ2) is 4.35. The largest absolute Gasteiger partial charge is 0.267 e. The Kier molecular flexibility index (Phi) is 3.59. The van der Waals surface area contributed by atoms with E-state index >= 15 is 0 Å². The molecule has 80 valence electrons. The van der Waals surface area contributed by atoms with Gasteiger partial charge in [-0.25, -0.2) is 0 Å². The first-order valence-electron chi connectivity index (χ1n) is 5.18. The molecular formula is C11H19ClN2. The van der Waals surface area contributed by atoms with Gasteiger partial charge in [0.25, 0.3) is 0 Å². The van der Waals surface area contributed by atoms with Crippen LogP contribution in [0.5, 0.6) is 0 Å². The summed E-state index contributed by atoms with van der Waals surface area (Å²) >= 11 is 6.27. The smallest absolute Gasteiger partial charge is 0.0643 e. The molecule has 1 aromatic rings. The van der Waals surface area contributed by atoms with Gasteiger partial charge >= 0.3 is 0 Å². The molecule has 1 unspecified atom stereocenters. The van der Waals surface area contributed by atoms with Crippen LogP contribution in [-0.4, -0.2) is 9.78 Å². The van der Waals surface area contributed by atoms with E-state index in [4.69, 9.17) is 11.6 Å². The molecule has 0 aliphatic carbocycles. The lowest BCUT2D eigenvalue weighted by molar-refractivity contribution is 0.515. The van der Waals surface area contributed by atoms with Gasteiger partial charge in [0.05, 0.1) is 11.1 Å². The van der Waals surface area contributed by atoms with Crippen molar-refractivity contribution in [2.75, 3.05) is 0 Å². The summed E-state index contributed by atoms with van der Waals surface area (Å²) in [6.07, 6.45) is 0.951. The fraction of sp³-hybridized carbons (Fsp3) is 0.727. The van der Waals surface area contributed by atoms with Crippen LogP contribution in [0.4, 0.5) is 0 Å². The van der Waals surface area contributed by atoms with Gasteiger partial charge < -0.3 is 0 Å². The molecule has 0 radical (unpaired) electrons. The van der Waals surface area contributed by atoms with E-state index in [2.05, 4.69) is 37.5 Å². The Morgan fingerprint density at radius 1 is 1.36 bits per heavy atom.